The summed E-state index contributed by atoms with van der Waals surface area (Å²) in [5.74, 6) is -0.164. The van der Waals surface area contributed by atoms with Gasteiger partial charge in [-0.25, -0.2) is 13.2 Å². The van der Waals surface area contributed by atoms with Gasteiger partial charge in [-0.1, -0.05) is 18.2 Å². The van der Waals surface area contributed by atoms with E-state index in [1.54, 1.807) is 19.2 Å². The van der Waals surface area contributed by atoms with Gasteiger partial charge in [0.05, 0.1) is 11.4 Å². The highest BCUT2D eigenvalue weighted by Crippen LogP contribution is 2.19. The molecule has 0 radical (unpaired) electrons. The molecule has 1 heterocycles. The molecule has 10 heteroatoms. The van der Waals surface area contributed by atoms with Crippen LogP contribution < -0.4 is 16.0 Å². The maximum Gasteiger partial charge on any atom is 0.319 e. The van der Waals surface area contributed by atoms with Crippen molar-refractivity contribution >= 4 is 33.3 Å². The molecule has 0 aromatic heterocycles. The van der Waals surface area contributed by atoms with Gasteiger partial charge >= 0.3 is 6.03 Å². The minimum Gasteiger partial charge on any atom is -0.335 e. The lowest BCUT2D eigenvalue weighted by molar-refractivity contribution is -0.117. The van der Waals surface area contributed by atoms with Crippen LogP contribution in [0.2, 0.25) is 0 Å². The molecule has 0 spiro atoms. The first-order valence-electron chi connectivity index (χ1n) is 11.4. The number of amides is 3. The highest BCUT2D eigenvalue weighted by atomic mass is 32.2. The number of likely N-dealkylation sites (tertiary alicyclic amines) is 1. The summed E-state index contributed by atoms with van der Waals surface area (Å²) in [6.45, 7) is 5.25. The van der Waals surface area contributed by atoms with Crippen molar-refractivity contribution < 1.29 is 18.0 Å². The molecule has 3 N–H and O–H groups in total. The standard InChI is InChI=1S/C24H33N5O4S/c1-18(2)28(3)34(32,33)22-11-9-20(10-12-22)25-23(30)17-29-15-13-21(14-16-29)27-24(31)26-19-7-5-4-6-8-19/h4-12,18,21H,13-17H2,1-3H3,(H,25,30)(H2,26,27,31). The second-order valence-electron chi connectivity index (χ2n) is 8.70. The summed E-state index contributed by atoms with van der Waals surface area (Å²) < 4.78 is 26.4. The number of urea groups is 1. The number of para-hydroxylation sites is 1. The van der Waals surface area contributed by atoms with E-state index in [-0.39, 0.29) is 35.5 Å². The molecule has 1 fully saturated rings. The van der Waals surface area contributed by atoms with E-state index in [2.05, 4.69) is 16.0 Å². The van der Waals surface area contributed by atoms with Crippen LogP contribution in [0, 0.1) is 0 Å². The Labute approximate surface area is 201 Å². The summed E-state index contributed by atoms with van der Waals surface area (Å²) in [6, 6.07) is 15.2. The van der Waals surface area contributed by atoms with E-state index in [0.29, 0.717) is 18.8 Å². The first kappa shape index (κ1) is 25.7. The van der Waals surface area contributed by atoms with Crippen LogP contribution in [-0.4, -0.2) is 68.3 Å². The van der Waals surface area contributed by atoms with Crippen LogP contribution >= 0.6 is 0 Å². The van der Waals surface area contributed by atoms with Crippen LogP contribution in [0.15, 0.2) is 59.5 Å². The molecule has 34 heavy (non-hydrogen) atoms. The van der Waals surface area contributed by atoms with Crippen molar-refractivity contribution in [1.82, 2.24) is 14.5 Å². The maximum absolute atomic E-state index is 12.6. The van der Waals surface area contributed by atoms with Gasteiger partial charge in [0.1, 0.15) is 0 Å². The predicted molar refractivity (Wildman–Crippen MR) is 133 cm³/mol. The average Bonchev–Trinajstić information content (AvgIpc) is 2.80. The summed E-state index contributed by atoms with van der Waals surface area (Å²) in [5.41, 5.74) is 1.29. The quantitative estimate of drug-likeness (QED) is 0.530. The number of rotatable bonds is 8. The molecule has 0 unspecified atom stereocenters. The van der Waals surface area contributed by atoms with Crippen LogP contribution in [0.5, 0.6) is 0 Å². The fourth-order valence-corrected chi connectivity index (χ4v) is 5.03. The van der Waals surface area contributed by atoms with Crippen molar-refractivity contribution in [3.05, 3.63) is 54.6 Å². The van der Waals surface area contributed by atoms with E-state index >= 15 is 0 Å². The molecular weight excluding hydrogens is 454 g/mol. The number of piperidine rings is 1. The predicted octanol–water partition coefficient (Wildman–Crippen LogP) is 2.94. The van der Waals surface area contributed by atoms with Crippen LogP contribution in [0.1, 0.15) is 26.7 Å². The van der Waals surface area contributed by atoms with E-state index in [0.717, 1.165) is 18.5 Å². The van der Waals surface area contributed by atoms with E-state index in [9.17, 15) is 18.0 Å². The molecule has 9 nitrogen and oxygen atoms in total. The van der Waals surface area contributed by atoms with Gasteiger partial charge in [0.2, 0.25) is 15.9 Å². The third-order valence-electron chi connectivity index (χ3n) is 5.86. The number of nitrogens with zero attached hydrogens (tertiary/aromatic N) is 2. The molecule has 184 valence electrons. The summed E-state index contributed by atoms with van der Waals surface area (Å²) in [7, 11) is -2.01. The normalized spacial score (nSPS) is 15.3. The molecule has 3 amide bonds. The Morgan fingerprint density at radius 1 is 0.971 bits per heavy atom. The Bertz CT molecular complexity index is 1070. The van der Waals surface area contributed by atoms with Gasteiger partial charge in [0.15, 0.2) is 0 Å². The fourth-order valence-electron chi connectivity index (χ4n) is 3.67. The van der Waals surface area contributed by atoms with Crippen molar-refractivity contribution in [2.24, 2.45) is 0 Å². The van der Waals surface area contributed by atoms with Gasteiger partial charge in [-0.2, -0.15) is 4.31 Å². The Hall–Kier alpha value is -2.95. The highest BCUT2D eigenvalue weighted by molar-refractivity contribution is 7.89. The van der Waals surface area contributed by atoms with Crippen molar-refractivity contribution in [3.63, 3.8) is 0 Å². The number of nitrogens with one attached hydrogen (secondary N) is 3. The van der Waals surface area contributed by atoms with Gasteiger partial charge in [-0.05, 0) is 63.1 Å². The largest absolute Gasteiger partial charge is 0.335 e. The van der Waals surface area contributed by atoms with Crippen LogP contribution in [0.4, 0.5) is 16.2 Å². The summed E-state index contributed by atoms with van der Waals surface area (Å²) in [5, 5.41) is 8.62. The smallest absolute Gasteiger partial charge is 0.319 e. The topological polar surface area (TPSA) is 111 Å². The highest BCUT2D eigenvalue weighted by Gasteiger charge is 2.24. The first-order valence-corrected chi connectivity index (χ1v) is 12.8. The second kappa shape index (κ2) is 11.5. The minimum atomic E-state index is -3.56. The van der Waals surface area contributed by atoms with Gasteiger partial charge in [0.25, 0.3) is 0 Å². The third kappa shape index (κ3) is 7.02. The lowest BCUT2D eigenvalue weighted by Crippen LogP contribution is -2.47. The number of hydrogen-bond acceptors (Lipinski definition) is 5. The molecule has 0 bridgehead atoms. The maximum atomic E-state index is 12.6. The zero-order chi connectivity index (χ0) is 24.7. The molecular formula is C24H33N5O4S. The molecule has 1 aliphatic heterocycles. The van der Waals surface area contributed by atoms with Crippen molar-refractivity contribution in [1.29, 1.82) is 0 Å². The van der Waals surface area contributed by atoms with Crippen LogP contribution in [0.25, 0.3) is 0 Å². The number of anilines is 2. The van der Waals surface area contributed by atoms with Gasteiger partial charge in [-0.15, -0.1) is 0 Å². The summed E-state index contributed by atoms with van der Waals surface area (Å²) >= 11 is 0. The average molecular weight is 488 g/mol. The number of hydrogen-bond donors (Lipinski definition) is 3. The molecule has 0 aliphatic carbocycles. The van der Waals surface area contributed by atoms with Crippen LogP contribution in [0.3, 0.4) is 0 Å². The van der Waals surface area contributed by atoms with E-state index < -0.39 is 10.0 Å². The van der Waals surface area contributed by atoms with Gasteiger partial charge < -0.3 is 16.0 Å². The Morgan fingerprint density at radius 2 is 1.56 bits per heavy atom. The molecule has 0 saturated carbocycles. The number of sulfonamides is 1. The molecule has 2 aromatic rings. The zero-order valence-electron chi connectivity index (χ0n) is 19.8. The molecule has 0 atom stereocenters. The van der Waals surface area contributed by atoms with E-state index in [1.165, 1.54) is 16.4 Å². The third-order valence-corrected chi connectivity index (χ3v) is 7.91. The van der Waals surface area contributed by atoms with Gasteiger partial charge in [0, 0.05) is 43.6 Å². The van der Waals surface area contributed by atoms with Gasteiger partial charge in [-0.3, -0.25) is 9.69 Å². The SMILES string of the molecule is CC(C)N(C)S(=O)(=O)c1ccc(NC(=O)CN2CCC(NC(=O)Nc3ccccc3)CC2)cc1. The number of carbonyl (C=O) groups is 2. The van der Waals surface area contributed by atoms with E-state index in [1.807, 2.05) is 49.1 Å². The second-order valence-corrected chi connectivity index (χ2v) is 10.7. The molecule has 2 aromatic carbocycles. The Morgan fingerprint density at radius 3 is 2.15 bits per heavy atom. The molecule has 3 rings (SSSR count). The number of benzene rings is 2. The lowest BCUT2D eigenvalue weighted by atomic mass is 10.1. The van der Waals surface area contributed by atoms with E-state index in [4.69, 9.17) is 0 Å². The first-order chi connectivity index (χ1) is 16.1. The summed E-state index contributed by atoms with van der Waals surface area (Å²) in [4.78, 5) is 26.9. The Kier molecular flexibility index (Phi) is 8.65. The van der Waals surface area contributed by atoms with Crippen molar-refractivity contribution in [3.8, 4) is 0 Å². The Balaban J connectivity index is 1.42. The van der Waals surface area contributed by atoms with Crippen LogP contribution in [-0.2, 0) is 14.8 Å². The number of carbonyl (C=O) groups excluding carboxylic acids is 2. The molecule has 1 saturated heterocycles. The zero-order valence-corrected chi connectivity index (χ0v) is 20.6. The fraction of sp³-hybridized carbons (Fsp3) is 0.417. The lowest BCUT2D eigenvalue weighted by Gasteiger charge is -2.31. The monoisotopic (exact) mass is 487 g/mol. The van der Waals surface area contributed by atoms with Crippen molar-refractivity contribution in [2.75, 3.05) is 37.3 Å². The minimum absolute atomic E-state index is 0.0569. The summed E-state index contributed by atoms with van der Waals surface area (Å²) in [6.07, 6.45) is 1.51. The van der Waals surface area contributed by atoms with Crippen molar-refractivity contribution in [2.45, 2.75) is 43.7 Å². The molecule has 1 aliphatic rings.